The topological polar surface area (TPSA) is 93.1 Å². The molecule has 0 radical (unpaired) electrons. The van der Waals surface area contributed by atoms with Crippen LogP contribution in [0.4, 0.5) is 5.82 Å². The second-order valence-corrected chi connectivity index (χ2v) is 6.31. The van der Waals surface area contributed by atoms with Gasteiger partial charge in [0.25, 0.3) is 11.5 Å². The number of halogens is 1. The number of hydrogen-bond donors (Lipinski definition) is 2. The molecule has 0 atom stereocenters. The Kier molecular flexibility index (Phi) is 6.18. The number of carbonyl (C=O) groups excluding carboxylic acids is 2. The Balaban J connectivity index is 1.51. The third-order valence-corrected chi connectivity index (χ3v) is 4.09. The SMILES string of the molecule is O=C(CCNC(=O)c1ccc(-n2ccccc2=O)cc1)Nc1ccc(Cl)cn1. The van der Waals surface area contributed by atoms with Gasteiger partial charge in [0.2, 0.25) is 5.91 Å². The van der Waals surface area contributed by atoms with Crippen molar-refractivity contribution < 1.29 is 9.59 Å². The van der Waals surface area contributed by atoms with Crippen molar-refractivity contribution in [3.8, 4) is 5.69 Å². The summed E-state index contributed by atoms with van der Waals surface area (Å²) in [5, 5.41) is 5.79. The number of rotatable bonds is 6. The normalized spacial score (nSPS) is 10.3. The van der Waals surface area contributed by atoms with Crippen molar-refractivity contribution in [2.45, 2.75) is 6.42 Å². The average Bonchev–Trinajstić information content (AvgIpc) is 2.70. The lowest BCUT2D eigenvalue weighted by Crippen LogP contribution is -2.27. The zero-order valence-electron chi connectivity index (χ0n) is 14.8. The molecule has 28 heavy (non-hydrogen) atoms. The zero-order valence-corrected chi connectivity index (χ0v) is 15.5. The van der Waals surface area contributed by atoms with Crippen LogP contribution in [0.3, 0.4) is 0 Å². The Morgan fingerprint density at radius 2 is 1.82 bits per heavy atom. The summed E-state index contributed by atoms with van der Waals surface area (Å²) >= 11 is 5.74. The maximum Gasteiger partial charge on any atom is 0.255 e. The monoisotopic (exact) mass is 396 g/mol. The van der Waals surface area contributed by atoms with Crippen LogP contribution in [0.1, 0.15) is 16.8 Å². The Labute approximate surface area is 166 Å². The van der Waals surface area contributed by atoms with Gasteiger partial charge in [0.1, 0.15) is 5.82 Å². The van der Waals surface area contributed by atoms with Gasteiger partial charge in [-0.3, -0.25) is 19.0 Å². The fourth-order valence-electron chi connectivity index (χ4n) is 2.46. The second-order valence-electron chi connectivity index (χ2n) is 5.87. The highest BCUT2D eigenvalue weighted by Gasteiger charge is 2.08. The molecule has 0 aliphatic heterocycles. The molecule has 2 N–H and O–H groups in total. The number of benzene rings is 1. The van der Waals surface area contributed by atoms with Crippen LogP contribution in [0.15, 0.2) is 71.8 Å². The van der Waals surface area contributed by atoms with Gasteiger partial charge in [-0.15, -0.1) is 0 Å². The van der Waals surface area contributed by atoms with Crippen molar-refractivity contribution in [2.75, 3.05) is 11.9 Å². The van der Waals surface area contributed by atoms with E-state index < -0.39 is 0 Å². The number of hydrogen-bond acceptors (Lipinski definition) is 4. The summed E-state index contributed by atoms with van der Waals surface area (Å²) in [6.07, 6.45) is 3.20. The molecule has 3 rings (SSSR count). The molecular weight excluding hydrogens is 380 g/mol. The van der Waals surface area contributed by atoms with Crippen molar-refractivity contribution in [2.24, 2.45) is 0 Å². The van der Waals surface area contributed by atoms with Crippen molar-refractivity contribution in [1.29, 1.82) is 0 Å². The maximum atomic E-state index is 12.2. The maximum absolute atomic E-state index is 12.2. The third-order valence-electron chi connectivity index (χ3n) is 3.86. The van der Waals surface area contributed by atoms with E-state index in [2.05, 4.69) is 15.6 Å². The van der Waals surface area contributed by atoms with E-state index in [-0.39, 0.29) is 30.3 Å². The minimum atomic E-state index is -0.302. The Morgan fingerprint density at radius 3 is 2.50 bits per heavy atom. The van der Waals surface area contributed by atoms with Gasteiger partial charge < -0.3 is 10.6 Å². The van der Waals surface area contributed by atoms with Crippen molar-refractivity contribution in [3.05, 3.63) is 87.9 Å². The van der Waals surface area contributed by atoms with E-state index in [4.69, 9.17) is 11.6 Å². The van der Waals surface area contributed by atoms with Crippen LogP contribution in [-0.4, -0.2) is 27.9 Å². The summed E-state index contributed by atoms with van der Waals surface area (Å²) in [5.41, 5.74) is 0.949. The Hall–Kier alpha value is -3.45. The first kappa shape index (κ1) is 19.3. The predicted octanol–water partition coefficient (Wildman–Crippen LogP) is 2.64. The first-order chi connectivity index (χ1) is 13.5. The van der Waals surface area contributed by atoms with Crippen LogP contribution in [0.2, 0.25) is 5.02 Å². The summed E-state index contributed by atoms with van der Waals surface area (Å²) < 4.78 is 1.48. The van der Waals surface area contributed by atoms with Crippen LogP contribution >= 0.6 is 11.6 Å². The van der Waals surface area contributed by atoms with Gasteiger partial charge in [-0.1, -0.05) is 17.7 Å². The number of anilines is 1. The van der Waals surface area contributed by atoms with Crippen molar-refractivity contribution in [3.63, 3.8) is 0 Å². The molecule has 2 aromatic heterocycles. The van der Waals surface area contributed by atoms with E-state index in [1.165, 1.54) is 16.8 Å². The summed E-state index contributed by atoms with van der Waals surface area (Å²) in [6, 6.07) is 14.7. The molecule has 0 saturated heterocycles. The van der Waals surface area contributed by atoms with Gasteiger partial charge in [0.15, 0.2) is 0 Å². The molecular formula is C20H17ClN4O3. The predicted molar refractivity (Wildman–Crippen MR) is 107 cm³/mol. The molecule has 0 fully saturated rings. The first-order valence-corrected chi connectivity index (χ1v) is 8.88. The standard InChI is InChI=1S/C20H17ClN4O3/c21-15-6-9-17(23-13-15)24-18(26)10-11-22-20(28)14-4-7-16(8-5-14)25-12-2-1-3-19(25)27/h1-9,12-13H,10-11H2,(H,22,28)(H,23,24,26). The zero-order chi connectivity index (χ0) is 19.9. The molecule has 0 aliphatic carbocycles. The molecule has 3 aromatic rings. The lowest BCUT2D eigenvalue weighted by molar-refractivity contribution is -0.116. The molecule has 0 unspecified atom stereocenters. The smallest absolute Gasteiger partial charge is 0.255 e. The van der Waals surface area contributed by atoms with Crippen LogP contribution in [-0.2, 0) is 4.79 Å². The third kappa shape index (κ3) is 5.05. The van der Waals surface area contributed by atoms with Crippen LogP contribution in [0.5, 0.6) is 0 Å². The summed E-state index contributed by atoms with van der Waals surface area (Å²) in [4.78, 5) is 39.9. The molecule has 8 heteroatoms. The summed E-state index contributed by atoms with van der Waals surface area (Å²) in [5.74, 6) is -0.175. The quantitative estimate of drug-likeness (QED) is 0.669. The van der Waals surface area contributed by atoms with E-state index in [1.54, 1.807) is 54.7 Å². The second kappa shape index (κ2) is 8.96. The number of nitrogens with one attached hydrogen (secondary N) is 2. The number of pyridine rings is 2. The molecule has 142 valence electrons. The van der Waals surface area contributed by atoms with Gasteiger partial charge in [0.05, 0.1) is 5.02 Å². The van der Waals surface area contributed by atoms with Crippen LogP contribution < -0.4 is 16.2 Å². The molecule has 2 amide bonds. The summed E-state index contributed by atoms with van der Waals surface area (Å²) in [7, 11) is 0. The lowest BCUT2D eigenvalue weighted by Gasteiger charge is -2.08. The number of carbonyl (C=O) groups is 2. The molecule has 0 aliphatic rings. The largest absolute Gasteiger partial charge is 0.352 e. The highest BCUT2D eigenvalue weighted by atomic mass is 35.5. The number of nitrogens with zero attached hydrogens (tertiary/aromatic N) is 2. The van der Waals surface area contributed by atoms with Crippen LogP contribution in [0, 0.1) is 0 Å². The lowest BCUT2D eigenvalue weighted by atomic mass is 10.2. The molecule has 0 spiro atoms. The van der Waals surface area contributed by atoms with E-state index >= 15 is 0 Å². The Morgan fingerprint density at radius 1 is 1.04 bits per heavy atom. The van der Waals surface area contributed by atoms with Crippen molar-refractivity contribution in [1.82, 2.24) is 14.9 Å². The fraction of sp³-hybridized carbons (Fsp3) is 0.100. The molecule has 0 bridgehead atoms. The van der Waals surface area contributed by atoms with Crippen LogP contribution in [0.25, 0.3) is 5.69 Å². The minimum absolute atomic E-state index is 0.105. The first-order valence-electron chi connectivity index (χ1n) is 8.51. The van der Waals surface area contributed by atoms with Gasteiger partial charge in [-0.05, 0) is 42.5 Å². The minimum Gasteiger partial charge on any atom is -0.352 e. The van der Waals surface area contributed by atoms with Crippen molar-refractivity contribution >= 4 is 29.2 Å². The van der Waals surface area contributed by atoms with E-state index in [0.29, 0.717) is 22.1 Å². The highest BCUT2D eigenvalue weighted by Crippen LogP contribution is 2.10. The van der Waals surface area contributed by atoms with Gasteiger partial charge in [-0.2, -0.15) is 0 Å². The van der Waals surface area contributed by atoms with Gasteiger partial charge in [-0.25, -0.2) is 4.98 Å². The summed E-state index contributed by atoms with van der Waals surface area (Å²) in [6.45, 7) is 0.179. The van der Waals surface area contributed by atoms with Gasteiger partial charge >= 0.3 is 0 Å². The van der Waals surface area contributed by atoms with E-state index in [9.17, 15) is 14.4 Å². The number of amides is 2. The highest BCUT2D eigenvalue weighted by molar-refractivity contribution is 6.30. The van der Waals surface area contributed by atoms with E-state index in [0.717, 1.165) is 0 Å². The Bertz CT molecular complexity index is 1030. The van der Waals surface area contributed by atoms with E-state index in [1.807, 2.05) is 0 Å². The van der Waals surface area contributed by atoms with Gasteiger partial charge in [0, 0.05) is 42.7 Å². The molecule has 2 heterocycles. The average molecular weight is 397 g/mol. The fourth-order valence-corrected chi connectivity index (χ4v) is 2.57. The molecule has 0 saturated carbocycles. The molecule has 1 aromatic carbocycles. The molecule has 7 nitrogen and oxygen atoms in total. The number of aromatic nitrogens is 2.